The molecule has 1 saturated carbocycles. The van der Waals surface area contributed by atoms with E-state index < -0.39 is 0 Å². The third-order valence-electron chi connectivity index (χ3n) is 6.92. The molecule has 1 aliphatic heterocycles. The number of nitrogens with two attached hydrogens (primary N) is 1. The fourth-order valence-corrected chi connectivity index (χ4v) is 5.11. The van der Waals surface area contributed by atoms with Crippen LogP contribution >= 0.6 is 0 Å². The molecule has 2 fully saturated rings. The molecule has 33 heavy (non-hydrogen) atoms. The minimum atomic E-state index is -0.313. The van der Waals surface area contributed by atoms with Gasteiger partial charge in [0.2, 0.25) is 5.95 Å². The number of aromatic amines is 1. The van der Waals surface area contributed by atoms with Crippen molar-refractivity contribution >= 4 is 50.7 Å². The predicted octanol–water partition coefficient (Wildman–Crippen LogP) is 2.61. The molecule has 2 aliphatic rings. The largest absolute Gasteiger partial charge is 0.386 e. The maximum Gasteiger partial charge on any atom is 0.231 e. The van der Waals surface area contributed by atoms with Crippen LogP contribution in [0.5, 0.6) is 0 Å². The molecule has 5 heterocycles. The van der Waals surface area contributed by atoms with Crippen LogP contribution in [0, 0.1) is 11.7 Å². The molecule has 1 saturated heterocycles. The van der Waals surface area contributed by atoms with E-state index in [0.717, 1.165) is 46.4 Å². The van der Waals surface area contributed by atoms with Crippen LogP contribution in [0.2, 0.25) is 0 Å². The Bertz CT molecular complexity index is 1560. The molecule has 10 nitrogen and oxygen atoms in total. The number of H-pyrrole nitrogens is 1. The van der Waals surface area contributed by atoms with Gasteiger partial charge in [0.15, 0.2) is 5.65 Å². The zero-order chi connectivity index (χ0) is 22.3. The first-order valence-corrected chi connectivity index (χ1v) is 10.9. The molecule has 7 rings (SSSR count). The molecule has 0 bridgehead atoms. The van der Waals surface area contributed by atoms with Crippen molar-refractivity contribution in [1.82, 2.24) is 29.5 Å². The third-order valence-corrected chi connectivity index (χ3v) is 6.92. The lowest BCUT2D eigenvalue weighted by molar-refractivity contribution is 0.121. The van der Waals surface area contributed by atoms with Crippen LogP contribution in [0.25, 0.3) is 27.6 Å². The Morgan fingerprint density at radius 3 is 2.94 bits per heavy atom. The van der Waals surface area contributed by atoms with Crippen LogP contribution in [0.1, 0.15) is 6.42 Å². The normalized spacial score (nSPS) is 21.8. The summed E-state index contributed by atoms with van der Waals surface area (Å²) in [6.07, 6.45) is 6.11. The van der Waals surface area contributed by atoms with E-state index in [0.29, 0.717) is 29.2 Å². The Balaban J connectivity index is 1.40. The molecule has 166 valence electrons. The van der Waals surface area contributed by atoms with Gasteiger partial charge in [-0.25, -0.2) is 13.9 Å². The van der Waals surface area contributed by atoms with Gasteiger partial charge >= 0.3 is 0 Å². The topological polar surface area (TPSA) is 125 Å². The summed E-state index contributed by atoms with van der Waals surface area (Å²) in [7, 11) is 1.77. The lowest BCUT2D eigenvalue weighted by atomic mass is 9.67. The molecule has 0 radical (unpaired) electrons. The Morgan fingerprint density at radius 1 is 1.24 bits per heavy atom. The van der Waals surface area contributed by atoms with E-state index in [-0.39, 0.29) is 11.9 Å². The number of rotatable bonds is 4. The standard InChI is InChI=1S/C22H21FN10/c1-25-15-5-10(23)4-12-18-20(29-19(12)15)30-22(28-11-6-17-26-2-3-33(17)27-8-11)31-21(18)32-9-13-14(24)7-16(13)32/h2-6,8,13-14,16,25H,7,9,24H2,1H3,(H2,28,29,30,31)/t13-,14-,16?/m1/s1. The third kappa shape index (κ3) is 2.62. The van der Waals surface area contributed by atoms with E-state index in [1.807, 2.05) is 6.07 Å². The van der Waals surface area contributed by atoms with Gasteiger partial charge in [-0.1, -0.05) is 0 Å². The van der Waals surface area contributed by atoms with Crippen LogP contribution in [0.3, 0.4) is 0 Å². The van der Waals surface area contributed by atoms with Gasteiger partial charge in [-0.2, -0.15) is 15.1 Å². The number of benzene rings is 1. The van der Waals surface area contributed by atoms with Crippen LogP contribution in [0.4, 0.5) is 27.5 Å². The molecular weight excluding hydrogens is 423 g/mol. The maximum absolute atomic E-state index is 14.4. The predicted molar refractivity (Wildman–Crippen MR) is 124 cm³/mol. The second-order valence-electron chi connectivity index (χ2n) is 8.73. The number of halogens is 1. The quantitative estimate of drug-likeness (QED) is 0.333. The highest BCUT2D eigenvalue weighted by atomic mass is 19.1. The Kier molecular flexibility index (Phi) is 3.67. The first-order valence-electron chi connectivity index (χ1n) is 10.9. The second kappa shape index (κ2) is 6.51. The van der Waals surface area contributed by atoms with Gasteiger partial charge in [0.25, 0.3) is 0 Å². The van der Waals surface area contributed by atoms with Crippen LogP contribution < -0.4 is 21.3 Å². The van der Waals surface area contributed by atoms with Gasteiger partial charge in [0, 0.05) is 55.4 Å². The Hall–Kier alpha value is -3.99. The van der Waals surface area contributed by atoms with E-state index in [9.17, 15) is 4.39 Å². The number of imidazole rings is 1. The summed E-state index contributed by atoms with van der Waals surface area (Å²) in [4.78, 5) is 19.5. The first-order chi connectivity index (χ1) is 16.1. The Morgan fingerprint density at radius 2 is 2.15 bits per heavy atom. The van der Waals surface area contributed by atoms with Crippen molar-refractivity contribution in [3.63, 3.8) is 0 Å². The van der Waals surface area contributed by atoms with Crippen molar-refractivity contribution in [1.29, 1.82) is 0 Å². The second-order valence-corrected chi connectivity index (χ2v) is 8.73. The van der Waals surface area contributed by atoms with Gasteiger partial charge in [0.05, 0.1) is 28.5 Å². The van der Waals surface area contributed by atoms with Crippen molar-refractivity contribution in [2.45, 2.75) is 18.5 Å². The molecule has 5 N–H and O–H groups in total. The van der Waals surface area contributed by atoms with E-state index in [4.69, 9.17) is 15.7 Å². The fraction of sp³-hybridized carbons (Fsp3) is 0.273. The van der Waals surface area contributed by atoms with Gasteiger partial charge in [0.1, 0.15) is 17.3 Å². The number of anilines is 4. The van der Waals surface area contributed by atoms with E-state index in [2.05, 4.69) is 30.6 Å². The van der Waals surface area contributed by atoms with Gasteiger partial charge in [-0.15, -0.1) is 0 Å². The zero-order valence-electron chi connectivity index (χ0n) is 17.7. The summed E-state index contributed by atoms with van der Waals surface area (Å²) in [5.41, 5.74) is 9.71. The molecule has 1 unspecified atom stereocenters. The molecule has 5 aromatic rings. The monoisotopic (exact) mass is 444 g/mol. The van der Waals surface area contributed by atoms with E-state index in [1.165, 1.54) is 12.1 Å². The summed E-state index contributed by atoms with van der Waals surface area (Å²) in [6.45, 7) is 0.833. The van der Waals surface area contributed by atoms with Crippen molar-refractivity contribution in [3.05, 3.63) is 42.6 Å². The average molecular weight is 444 g/mol. The molecule has 4 aromatic heterocycles. The fourth-order valence-electron chi connectivity index (χ4n) is 5.11. The van der Waals surface area contributed by atoms with Crippen molar-refractivity contribution in [2.24, 2.45) is 11.7 Å². The summed E-state index contributed by atoms with van der Waals surface area (Å²) in [5, 5.41) is 12.2. The van der Waals surface area contributed by atoms with Gasteiger partial charge in [-0.05, 0) is 18.6 Å². The van der Waals surface area contributed by atoms with Crippen LogP contribution in [-0.4, -0.2) is 55.2 Å². The van der Waals surface area contributed by atoms with Gasteiger partial charge < -0.3 is 26.3 Å². The number of hydrogen-bond donors (Lipinski definition) is 4. The number of fused-ring (bicyclic) bond motifs is 5. The molecule has 0 amide bonds. The highest BCUT2D eigenvalue weighted by molar-refractivity contribution is 6.15. The molecule has 3 atom stereocenters. The highest BCUT2D eigenvalue weighted by Gasteiger charge is 2.52. The lowest BCUT2D eigenvalue weighted by Gasteiger charge is -2.59. The van der Waals surface area contributed by atoms with E-state index >= 15 is 0 Å². The molecule has 0 spiro atoms. The SMILES string of the molecule is CNc1cc(F)cc2c1[nH]c1nc(Nc3cnn4ccnc4c3)nc(N3C[C@H]4C3C[C@H]4N)c12. The first kappa shape index (κ1) is 18.6. The number of aromatic nitrogens is 6. The summed E-state index contributed by atoms with van der Waals surface area (Å²) in [5.74, 6) is 1.38. The van der Waals surface area contributed by atoms with Crippen molar-refractivity contribution in [3.8, 4) is 0 Å². The van der Waals surface area contributed by atoms with Crippen molar-refractivity contribution in [2.75, 3.05) is 29.1 Å². The average Bonchev–Trinajstić information content (AvgIpc) is 3.40. The maximum atomic E-state index is 14.4. The molecule has 1 aliphatic carbocycles. The lowest BCUT2D eigenvalue weighted by Crippen LogP contribution is -2.71. The minimum Gasteiger partial charge on any atom is -0.386 e. The van der Waals surface area contributed by atoms with E-state index in [1.54, 1.807) is 30.2 Å². The molecular formula is C22H21FN10. The molecule has 11 heteroatoms. The van der Waals surface area contributed by atoms with Gasteiger partial charge in [-0.3, -0.25) is 0 Å². The number of nitrogens with zero attached hydrogens (tertiary/aromatic N) is 6. The summed E-state index contributed by atoms with van der Waals surface area (Å²) < 4.78 is 16.1. The Labute approximate surface area is 187 Å². The zero-order valence-corrected chi connectivity index (χ0v) is 17.7. The number of nitrogens with one attached hydrogen (secondary N) is 3. The summed E-state index contributed by atoms with van der Waals surface area (Å²) >= 11 is 0. The minimum absolute atomic E-state index is 0.241. The smallest absolute Gasteiger partial charge is 0.231 e. The summed E-state index contributed by atoms with van der Waals surface area (Å²) in [6, 6.07) is 5.49. The highest BCUT2D eigenvalue weighted by Crippen LogP contribution is 2.46. The van der Waals surface area contributed by atoms with Crippen molar-refractivity contribution < 1.29 is 4.39 Å². The van der Waals surface area contributed by atoms with Crippen LogP contribution in [0.15, 0.2) is 36.8 Å². The number of piperidine rings is 1. The number of hydrogen-bond acceptors (Lipinski definition) is 8. The molecule has 1 aromatic carbocycles. The van der Waals surface area contributed by atoms with Crippen LogP contribution in [-0.2, 0) is 0 Å².